The molecule has 112 valence electrons. The predicted octanol–water partition coefficient (Wildman–Crippen LogP) is 3.49. The molecular weight excluding hydrogens is 302 g/mol. The van der Waals surface area contributed by atoms with Gasteiger partial charge in [0.05, 0.1) is 4.90 Å². The van der Waals surface area contributed by atoms with Crippen LogP contribution in [0.2, 0.25) is 0 Å². The molecule has 1 N–H and O–H groups in total. The second-order valence-corrected chi connectivity index (χ2v) is 7.49. The molecular formula is C16H19NO2S2. The highest BCUT2D eigenvalue weighted by Crippen LogP contribution is 2.18. The Morgan fingerprint density at radius 1 is 1.05 bits per heavy atom. The summed E-state index contributed by atoms with van der Waals surface area (Å²) in [6, 6.07) is 16.8. The van der Waals surface area contributed by atoms with Gasteiger partial charge in [0, 0.05) is 11.4 Å². The fourth-order valence-corrected chi connectivity index (χ4v) is 3.51. The highest BCUT2D eigenvalue weighted by molar-refractivity contribution is 7.98. The van der Waals surface area contributed by atoms with Gasteiger partial charge in [0.15, 0.2) is 0 Å². The zero-order valence-electron chi connectivity index (χ0n) is 12.1. The monoisotopic (exact) mass is 321 g/mol. The summed E-state index contributed by atoms with van der Waals surface area (Å²) in [6.45, 7) is 2.39. The first-order chi connectivity index (χ1) is 10.0. The van der Waals surface area contributed by atoms with Gasteiger partial charge in [0.25, 0.3) is 0 Å². The van der Waals surface area contributed by atoms with Crippen molar-refractivity contribution in [1.29, 1.82) is 0 Å². The van der Waals surface area contributed by atoms with Crippen LogP contribution in [0.15, 0.2) is 64.4 Å². The lowest BCUT2D eigenvalue weighted by atomic mass is 10.0. The Hall–Kier alpha value is -1.30. The number of nitrogens with one attached hydrogen (secondary N) is 1. The van der Waals surface area contributed by atoms with Gasteiger partial charge in [-0.15, -0.1) is 11.8 Å². The summed E-state index contributed by atoms with van der Waals surface area (Å²) in [5.41, 5.74) is 1.12. The van der Waals surface area contributed by atoms with Gasteiger partial charge in [-0.05, 0) is 42.0 Å². The largest absolute Gasteiger partial charge is 0.240 e. The highest BCUT2D eigenvalue weighted by atomic mass is 32.2. The molecule has 3 nitrogen and oxygen atoms in total. The molecule has 0 saturated carbocycles. The summed E-state index contributed by atoms with van der Waals surface area (Å²) in [4.78, 5) is 1.35. The average Bonchev–Trinajstić information content (AvgIpc) is 2.53. The van der Waals surface area contributed by atoms with E-state index in [9.17, 15) is 8.42 Å². The Kier molecular flexibility index (Phi) is 5.45. The minimum absolute atomic E-state index is 0.131. The standard InChI is InChI=1S/C16H19NO2S2/c1-13(14-6-4-3-5-7-14)12-17-21(18,19)16-10-8-15(20-2)9-11-16/h3-11,13,17H,12H2,1-2H3/t13-/m0/s1. The van der Waals surface area contributed by atoms with E-state index in [2.05, 4.69) is 4.72 Å². The summed E-state index contributed by atoms with van der Waals surface area (Å²) in [6.07, 6.45) is 1.96. The Labute approximate surface area is 130 Å². The van der Waals surface area contributed by atoms with Crippen molar-refractivity contribution in [3.63, 3.8) is 0 Å². The molecule has 0 aliphatic heterocycles. The predicted molar refractivity (Wildman–Crippen MR) is 88.3 cm³/mol. The second-order valence-electron chi connectivity index (χ2n) is 4.84. The van der Waals surface area contributed by atoms with Crippen molar-refractivity contribution in [2.45, 2.75) is 22.6 Å². The third-order valence-electron chi connectivity index (χ3n) is 3.32. The topological polar surface area (TPSA) is 46.2 Å². The molecule has 0 fully saturated rings. The zero-order valence-corrected chi connectivity index (χ0v) is 13.7. The van der Waals surface area contributed by atoms with Crippen LogP contribution in [0.4, 0.5) is 0 Å². The Morgan fingerprint density at radius 3 is 2.24 bits per heavy atom. The van der Waals surface area contributed by atoms with E-state index in [-0.39, 0.29) is 5.92 Å². The van der Waals surface area contributed by atoms with E-state index < -0.39 is 10.0 Å². The number of benzene rings is 2. The normalized spacial score (nSPS) is 13.0. The molecule has 0 heterocycles. The molecule has 0 radical (unpaired) electrons. The van der Waals surface area contributed by atoms with Gasteiger partial charge in [-0.3, -0.25) is 0 Å². The van der Waals surface area contributed by atoms with Crippen LogP contribution >= 0.6 is 11.8 Å². The van der Waals surface area contributed by atoms with Gasteiger partial charge in [0.1, 0.15) is 0 Å². The molecule has 0 saturated heterocycles. The fraction of sp³-hybridized carbons (Fsp3) is 0.250. The van der Waals surface area contributed by atoms with Crippen LogP contribution in [0.25, 0.3) is 0 Å². The summed E-state index contributed by atoms with van der Waals surface area (Å²) in [7, 11) is -3.45. The highest BCUT2D eigenvalue weighted by Gasteiger charge is 2.15. The van der Waals surface area contributed by atoms with Crippen molar-refractivity contribution in [2.24, 2.45) is 0 Å². The Balaban J connectivity index is 2.04. The summed E-state index contributed by atoms with van der Waals surface area (Å²) in [5, 5.41) is 0. The van der Waals surface area contributed by atoms with Gasteiger partial charge >= 0.3 is 0 Å². The molecule has 0 unspecified atom stereocenters. The van der Waals surface area contributed by atoms with E-state index in [1.807, 2.05) is 55.6 Å². The third kappa shape index (κ3) is 4.33. The molecule has 2 aromatic rings. The van der Waals surface area contributed by atoms with Crippen LogP contribution in [-0.4, -0.2) is 21.2 Å². The first kappa shape index (κ1) is 16.1. The lowest BCUT2D eigenvalue weighted by molar-refractivity contribution is 0.575. The maximum absolute atomic E-state index is 12.2. The molecule has 0 aliphatic carbocycles. The van der Waals surface area contributed by atoms with Crippen molar-refractivity contribution in [2.75, 3.05) is 12.8 Å². The Morgan fingerprint density at radius 2 is 1.67 bits per heavy atom. The fourth-order valence-electron chi connectivity index (χ4n) is 1.97. The maximum atomic E-state index is 12.2. The molecule has 2 aromatic carbocycles. The first-order valence-corrected chi connectivity index (χ1v) is 9.42. The molecule has 0 aromatic heterocycles. The van der Waals surface area contributed by atoms with Crippen LogP contribution in [0.5, 0.6) is 0 Å². The minimum atomic E-state index is -3.45. The van der Waals surface area contributed by atoms with Crippen molar-refractivity contribution >= 4 is 21.8 Å². The lowest BCUT2D eigenvalue weighted by Crippen LogP contribution is -2.27. The van der Waals surface area contributed by atoms with E-state index in [1.165, 1.54) is 0 Å². The van der Waals surface area contributed by atoms with Gasteiger partial charge < -0.3 is 0 Å². The van der Waals surface area contributed by atoms with Crippen LogP contribution in [-0.2, 0) is 10.0 Å². The molecule has 21 heavy (non-hydrogen) atoms. The average molecular weight is 321 g/mol. The second kappa shape index (κ2) is 7.11. The van der Waals surface area contributed by atoms with Crippen LogP contribution in [0.3, 0.4) is 0 Å². The first-order valence-electron chi connectivity index (χ1n) is 6.71. The molecule has 5 heteroatoms. The molecule has 1 atom stereocenters. The number of hydrogen-bond acceptors (Lipinski definition) is 3. The number of thioether (sulfide) groups is 1. The maximum Gasteiger partial charge on any atom is 0.240 e. The SMILES string of the molecule is CSc1ccc(S(=O)(=O)NC[C@H](C)c2ccccc2)cc1. The smallest absolute Gasteiger partial charge is 0.211 e. The minimum Gasteiger partial charge on any atom is -0.211 e. The van der Waals surface area contributed by atoms with Gasteiger partial charge in [-0.2, -0.15) is 0 Å². The molecule has 0 aliphatic rings. The number of hydrogen-bond donors (Lipinski definition) is 1. The van der Waals surface area contributed by atoms with Gasteiger partial charge in [-0.1, -0.05) is 37.3 Å². The van der Waals surface area contributed by atoms with Crippen molar-refractivity contribution in [3.8, 4) is 0 Å². The van der Waals surface area contributed by atoms with Gasteiger partial charge in [-0.25, -0.2) is 13.1 Å². The van der Waals surface area contributed by atoms with E-state index in [0.717, 1.165) is 10.5 Å². The van der Waals surface area contributed by atoms with Crippen molar-refractivity contribution in [1.82, 2.24) is 4.72 Å². The molecule has 0 spiro atoms. The molecule has 0 bridgehead atoms. The summed E-state index contributed by atoms with van der Waals surface area (Å²) in [5.74, 6) is 0.131. The summed E-state index contributed by atoms with van der Waals surface area (Å²) < 4.78 is 27.2. The van der Waals surface area contributed by atoms with E-state index in [4.69, 9.17) is 0 Å². The zero-order chi connectivity index (χ0) is 15.3. The Bertz CT molecular complexity index is 667. The van der Waals surface area contributed by atoms with Crippen molar-refractivity contribution in [3.05, 3.63) is 60.2 Å². The van der Waals surface area contributed by atoms with Crippen molar-refractivity contribution < 1.29 is 8.42 Å². The van der Waals surface area contributed by atoms with Crippen LogP contribution in [0.1, 0.15) is 18.4 Å². The van der Waals surface area contributed by atoms with E-state index in [0.29, 0.717) is 11.4 Å². The van der Waals surface area contributed by atoms with Crippen LogP contribution < -0.4 is 4.72 Å². The lowest BCUT2D eigenvalue weighted by Gasteiger charge is -2.13. The van der Waals surface area contributed by atoms with E-state index in [1.54, 1.807) is 23.9 Å². The third-order valence-corrected chi connectivity index (χ3v) is 5.50. The molecule has 0 amide bonds. The quantitative estimate of drug-likeness (QED) is 0.829. The number of rotatable bonds is 6. The van der Waals surface area contributed by atoms with Crippen LogP contribution in [0, 0.1) is 0 Å². The number of sulfonamides is 1. The van der Waals surface area contributed by atoms with Gasteiger partial charge in [0.2, 0.25) is 10.0 Å². The molecule has 2 rings (SSSR count). The summed E-state index contributed by atoms with van der Waals surface area (Å²) >= 11 is 1.59. The van der Waals surface area contributed by atoms with E-state index >= 15 is 0 Å².